The zero-order valence-corrected chi connectivity index (χ0v) is 11.1. The van der Waals surface area contributed by atoms with Gasteiger partial charge in [-0.1, -0.05) is 23.2 Å². The van der Waals surface area contributed by atoms with Crippen molar-refractivity contribution in [3.8, 4) is 0 Å². The second kappa shape index (κ2) is 5.47. The van der Waals surface area contributed by atoms with E-state index in [1.54, 1.807) is 12.1 Å². The predicted molar refractivity (Wildman–Crippen MR) is 75.2 cm³/mol. The second-order valence-electron chi connectivity index (χ2n) is 3.85. The molecule has 0 aromatic heterocycles. The van der Waals surface area contributed by atoms with Crippen LogP contribution in [0.1, 0.15) is 10.4 Å². The summed E-state index contributed by atoms with van der Waals surface area (Å²) in [6.45, 7) is 0. The molecule has 0 saturated carbocycles. The van der Waals surface area contributed by atoms with Gasteiger partial charge in [-0.2, -0.15) is 0 Å². The highest BCUT2D eigenvalue weighted by atomic mass is 35.5. The van der Waals surface area contributed by atoms with Gasteiger partial charge in [0.2, 0.25) is 0 Å². The van der Waals surface area contributed by atoms with Crippen LogP contribution in [-0.2, 0) is 0 Å². The fourth-order valence-electron chi connectivity index (χ4n) is 1.53. The molecule has 0 heterocycles. The van der Waals surface area contributed by atoms with E-state index < -0.39 is 11.7 Å². The number of amides is 1. The molecular formula is C13H9Cl2FN2O. The molecular weight excluding hydrogens is 290 g/mol. The third kappa shape index (κ3) is 3.36. The molecule has 1 amide bonds. The Labute approximate surface area is 119 Å². The molecule has 2 rings (SSSR count). The molecule has 0 saturated heterocycles. The first-order valence-electron chi connectivity index (χ1n) is 5.28. The van der Waals surface area contributed by atoms with Crippen molar-refractivity contribution in [3.63, 3.8) is 0 Å². The Balaban J connectivity index is 2.25. The van der Waals surface area contributed by atoms with E-state index in [4.69, 9.17) is 28.9 Å². The molecule has 0 radical (unpaired) electrons. The van der Waals surface area contributed by atoms with Gasteiger partial charge >= 0.3 is 0 Å². The summed E-state index contributed by atoms with van der Waals surface area (Å²) in [6, 6.07) is 8.25. The molecule has 2 aromatic carbocycles. The molecule has 3 N–H and O–H groups in total. The monoisotopic (exact) mass is 298 g/mol. The van der Waals surface area contributed by atoms with Crippen LogP contribution in [0, 0.1) is 5.82 Å². The van der Waals surface area contributed by atoms with Crippen molar-refractivity contribution in [3.05, 3.63) is 57.8 Å². The average Bonchev–Trinajstić information content (AvgIpc) is 2.31. The van der Waals surface area contributed by atoms with E-state index in [9.17, 15) is 9.18 Å². The van der Waals surface area contributed by atoms with Crippen molar-refractivity contribution in [2.75, 3.05) is 11.1 Å². The third-order valence-electron chi connectivity index (χ3n) is 2.36. The molecule has 98 valence electrons. The highest BCUT2D eigenvalue weighted by Crippen LogP contribution is 2.26. The number of nitrogen functional groups attached to an aromatic ring is 1. The number of carbonyl (C=O) groups is 1. The maximum Gasteiger partial charge on any atom is 0.255 e. The minimum Gasteiger partial charge on any atom is -0.399 e. The van der Waals surface area contributed by atoms with Crippen molar-refractivity contribution in [2.24, 2.45) is 0 Å². The van der Waals surface area contributed by atoms with Gasteiger partial charge in [-0.3, -0.25) is 4.79 Å². The molecule has 0 aliphatic carbocycles. The van der Waals surface area contributed by atoms with Crippen LogP contribution in [0.25, 0.3) is 0 Å². The zero-order chi connectivity index (χ0) is 14.0. The van der Waals surface area contributed by atoms with Gasteiger partial charge in [-0.25, -0.2) is 4.39 Å². The van der Waals surface area contributed by atoms with Gasteiger partial charge in [0.15, 0.2) is 0 Å². The molecule has 0 aliphatic rings. The van der Waals surface area contributed by atoms with Gasteiger partial charge in [0, 0.05) is 16.3 Å². The summed E-state index contributed by atoms with van der Waals surface area (Å²) in [7, 11) is 0. The van der Waals surface area contributed by atoms with Gasteiger partial charge in [0.05, 0.1) is 10.7 Å². The largest absolute Gasteiger partial charge is 0.399 e. The Hall–Kier alpha value is -1.78. The molecule has 0 fully saturated rings. The minimum absolute atomic E-state index is 0.114. The number of anilines is 2. The summed E-state index contributed by atoms with van der Waals surface area (Å²) < 4.78 is 13.2. The van der Waals surface area contributed by atoms with Crippen LogP contribution in [0.5, 0.6) is 0 Å². The quantitative estimate of drug-likeness (QED) is 0.824. The van der Waals surface area contributed by atoms with Crippen molar-refractivity contribution >= 4 is 40.5 Å². The summed E-state index contributed by atoms with van der Waals surface area (Å²) in [5.41, 5.74) is 6.15. The van der Waals surface area contributed by atoms with Crippen molar-refractivity contribution in [2.45, 2.75) is 0 Å². The predicted octanol–water partition coefficient (Wildman–Crippen LogP) is 3.97. The van der Waals surface area contributed by atoms with Gasteiger partial charge in [0.25, 0.3) is 5.91 Å². The topological polar surface area (TPSA) is 55.1 Å². The number of halogens is 3. The number of rotatable bonds is 2. The summed E-state index contributed by atoms with van der Waals surface area (Å²) in [6.07, 6.45) is 0. The zero-order valence-electron chi connectivity index (χ0n) is 9.58. The minimum atomic E-state index is -0.577. The number of nitrogens with one attached hydrogen (secondary N) is 1. The molecule has 0 spiro atoms. The molecule has 19 heavy (non-hydrogen) atoms. The lowest BCUT2D eigenvalue weighted by Crippen LogP contribution is -2.13. The van der Waals surface area contributed by atoms with Crippen molar-refractivity contribution in [1.82, 2.24) is 0 Å². The number of hydrogen-bond acceptors (Lipinski definition) is 2. The van der Waals surface area contributed by atoms with Crippen LogP contribution in [-0.4, -0.2) is 5.91 Å². The fourth-order valence-corrected chi connectivity index (χ4v) is 1.98. The van der Waals surface area contributed by atoms with Crippen LogP contribution in [0.4, 0.5) is 15.8 Å². The molecule has 6 heteroatoms. The lowest BCUT2D eigenvalue weighted by molar-refractivity contribution is 0.102. The van der Waals surface area contributed by atoms with E-state index in [1.807, 2.05) is 0 Å². The molecule has 0 atom stereocenters. The molecule has 3 nitrogen and oxygen atoms in total. The Bertz CT molecular complexity index is 626. The van der Waals surface area contributed by atoms with Gasteiger partial charge in [0.1, 0.15) is 5.82 Å². The van der Waals surface area contributed by atoms with Crippen molar-refractivity contribution < 1.29 is 9.18 Å². The molecule has 0 aliphatic heterocycles. The van der Waals surface area contributed by atoms with E-state index in [0.29, 0.717) is 15.7 Å². The maximum absolute atomic E-state index is 13.2. The summed E-state index contributed by atoms with van der Waals surface area (Å²) in [5, 5.41) is 3.31. The van der Waals surface area contributed by atoms with Crippen LogP contribution < -0.4 is 11.1 Å². The highest BCUT2D eigenvalue weighted by molar-refractivity contribution is 6.36. The number of nitrogens with two attached hydrogens (primary N) is 1. The van der Waals surface area contributed by atoms with Crippen LogP contribution in [0.3, 0.4) is 0 Å². The lowest BCUT2D eigenvalue weighted by Gasteiger charge is -2.08. The Morgan fingerprint density at radius 1 is 1.16 bits per heavy atom. The lowest BCUT2D eigenvalue weighted by atomic mass is 10.1. The fraction of sp³-hybridized carbons (Fsp3) is 0. The van der Waals surface area contributed by atoms with E-state index in [1.165, 1.54) is 12.1 Å². The first kappa shape index (κ1) is 13.6. The van der Waals surface area contributed by atoms with Crippen LogP contribution >= 0.6 is 23.2 Å². The molecule has 0 bridgehead atoms. The van der Waals surface area contributed by atoms with Gasteiger partial charge < -0.3 is 11.1 Å². The van der Waals surface area contributed by atoms with Crippen LogP contribution in [0.15, 0.2) is 36.4 Å². The number of hydrogen-bond donors (Lipinski definition) is 2. The second-order valence-corrected chi connectivity index (χ2v) is 4.70. The maximum atomic E-state index is 13.2. The number of benzene rings is 2. The standard InChI is InChI=1S/C13H9Cl2FN2O/c14-8-1-2-12(11(15)5-8)18-13(19)7-3-9(16)6-10(17)4-7/h1-6H,17H2,(H,18,19). The van der Waals surface area contributed by atoms with Gasteiger partial charge in [-0.15, -0.1) is 0 Å². The average molecular weight is 299 g/mol. The van der Waals surface area contributed by atoms with E-state index in [2.05, 4.69) is 5.32 Å². The Morgan fingerprint density at radius 3 is 2.53 bits per heavy atom. The van der Waals surface area contributed by atoms with E-state index in [0.717, 1.165) is 12.1 Å². The molecule has 2 aromatic rings. The van der Waals surface area contributed by atoms with E-state index >= 15 is 0 Å². The SMILES string of the molecule is Nc1cc(F)cc(C(=O)Nc2ccc(Cl)cc2Cl)c1. The Kier molecular flexibility index (Phi) is 3.93. The summed E-state index contributed by atoms with van der Waals surface area (Å²) >= 11 is 11.7. The summed E-state index contributed by atoms with van der Waals surface area (Å²) in [5.74, 6) is -1.08. The van der Waals surface area contributed by atoms with Crippen molar-refractivity contribution in [1.29, 1.82) is 0 Å². The number of carbonyl (C=O) groups excluding carboxylic acids is 1. The normalized spacial score (nSPS) is 10.3. The third-order valence-corrected chi connectivity index (χ3v) is 2.91. The molecule has 0 unspecified atom stereocenters. The summed E-state index contributed by atoms with van der Waals surface area (Å²) in [4.78, 5) is 11.9. The van der Waals surface area contributed by atoms with Crippen LogP contribution in [0.2, 0.25) is 10.0 Å². The first-order chi connectivity index (χ1) is 8.95. The first-order valence-corrected chi connectivity index (χ1v) is 6.04. The highest BCUT2D eigenvalue weighted by Gasteiger charge is 2.10. The van der Waals surface area contributed by atoms with Gasteiger partial charge in [-0.05, 0) is 36.4 Å². The smallest absolute Gasteiger partial charge is 0.255 e. The van der Waals surface area contributed by atoms with E-state index in [-0.39, 0.29) is 11.3 Å². The Morgan fingerprint density at radius 2 is 1.89 bits per heavy atom.